The Balaban J connectivity index is 2.24. The van der Waals surface area contributed by atoms with Crippen LogP contribution in [0.1, 0.15) is 23.5 Å². The summed E-state index contributed by atoms with van der Waals surface area (Å²) in [6.45, 7) is 1.16. The lowest BCUT2D eigenvalue weighted by Crippen LogP contribution is -2.57. The maximum atomic E-state index is 13.3. The lowest BCUT2D eigenvalue weighted by molar-refractivity contribution is -0.267. The SMILES string of the molecule is Cc1csc(C(O)(CC(=O)NC2(C(=O)O)CCOC2)C(F)(F)F)n1. The molecule has 7 nitrogen and oxygen atoms in total. The van der Waals surface area contributed by atoms with Gasteiger partial charge in [-0.1, -0.05) is 0 Å². The topological polar surface area (TPSA) is 109 Å². The number of ether oxygens (including phenoxy) is 1. The van der Waals surface area contributed by atoms with Crippen molar-refractivity contribution in [2.24, 2.45) is 0 Å². The van der Waals surface area contributed by atoms with Crippen LogP contribution in [0.3, 0.4) is 0 Å². The molecule has 2 unspecified atom stereocenters. The molecule has 1 amide bonds. The predicted octanol–water partition coefficient (Wildman–Crippen LogP) is 0.951. The van der Waals surface area contributed by atoms with Crippen molar-refractivity contribution in [1.29, 1.82) is 0 Å². The summed E-state index contributed by atoms with van der Waals surface area (Å²) in [5.41, 5.74) is -5.01. The van der Waals surface area contributed by atoms with E-state index < -0.39 is 40.6 Å². The fraction of sp³-hybridized carbons (Fsp3) is 0.615. The molecule has 0 bridgehead atoms. The standard InChI is InChI=1S/C13H15F3N2O5S/c1-7-5-24-9(17-7)12(22,13(14,15)16)4-8(19)18-11(10(20)21)2-3-23-6-11/h5,22H,2-4,6H2,1H3,(H,18,19)(H,20,21). The summed E-state index contributed by atoms with van der Waals surface area (Å²) in [5.74, 6) is -2.66. The summed E-state index contributed by atoms with van der Waals surface area (Å²) in [6, 6.07) is 0. The number of carbonyl (C=O) groups excluding carboxylic acids is 1. The van der Waals surface area contributed by atoms with Crippen LogP contribution in [-0.2, 0) is 19.9 Å². The Hall–Kier alpha value is -1.72. The molecule has 0 aliphatic carbocycles. The van der Waals surface area contributed by atoms with Gasteiger partial charge in [0.25, 0.3) is 0 Å². The molecule has 3 N–H and O–H groups in total. The second-order valence-corrected chi connectivity index (χ2v) is 6.42. The number of carboxylic acid groups (broad SMARTS) is 1. The number of thiazole rings is 1. The first-order valence-electron chi connectivity index (χ1n) is 6.84. The van der Waals surface area contributed by atoms with Gasteiger partial charge in [-0.2, -0.15) is 13.2 Å². The monoisotopic (exact) mass is 368 g/mol. The van der Waals surface area contributed by atoms with Crippen LogP contribution in [0.15, 0.2) is 5.38 Å². The van der Waals surface area contributed by atoms with Gasteiger partial charge < -0.3 is 20.3 Å². The molecule has 1 aliphatic heterocycles. The molecule has 134 valence electrons. The minimum atomic E-state index is -5.16. The maximum Gasteiger partial charge on any atom is 0.424 e. The summed E-state index contributed by atoms with van der Waals surface area (Å²) >= 11 is 0.571. The van der Waals surface area contributed by atoms with Gasteiger partial charge in [0.15, 0.2) is 5.54 Å². The molecule has 0 spiro atoms. The van der Waals surface area contributed by atoms with Crippen molar-refractivity contribution in [2.75, 3.05) is 13.2 Å². The number of hydrogen-bond donors (Lipinski definition) is 3. The molecule has 1 aromatic rings. The van der Waals surface area contributed by atoms with Crippen molar-refractivity contribution < 1.29 is 37.7 Å². The number of nitrogens with one attached hydrogen (secondary N) is 1. The van der Waals surface area contributed by atoms with E-state index >= 15 is 0 Å². The van der Waals surface area contributed by atoms with Crippen LogP contribution in [0.4, 0.5) is 13.2 Å². The van der Waals surface area contributed by atoms with Gasteiger partial charge in [0.2, 0.25) is 11.5 Å². The lowest BCUT2D eigenvalue weighted by atomic mass is 9.95. The molecule has 24 heavy (non-hydrogen) atoms. The van der Waals surface area contributed by atoms with Crippen molar-refractivity contribution in [3.8, 4) is 0 Å². The van der Waals surface area contributed by atoms with Crippen molar-refractivity contribution in [3.05, 3.63) is 16.1 Å². The molecule has 1 saturated heterocycles. The van der Waals surface area contributed by atoms with E-state index in [0.29, 0.717) is 11.3 Å². The van der Waals surface area contributed by atoms with Crippen LogP contribution in [-0.4, -0.2) is 52.0 Å². The zero-order chi connectivity index (χ0) is 18.2. The molecule has 2 heterocycles. The van der Waals surface area contributed by atoms with Crippen LogP contribution in [0.2, 0.25) is 0 Å². The Labute approximate surface area is 138 Å². The van der Waals surface area contributed by atoms with E-state index in [1.54, 1.807) is 0 Å². The fourth-order valence-corrected chi connectivity index (χ4v) is 3.18. The molecule has 1 aliphatic rings. The Morgan fingerprint density at radius 1 is 1.50 bits per heavy atom. The van der Waals surface area contributed by atoms with Gasteiger partial charge in [0.1, 0.15) is 5.01 Å². The number of rotatable bonds is 5. The molecule has 0 aromatic carbocycles. The number of aliphatic hydroxyl groups is 1. The normalized spacial score (nSPS) is 23.7. The molecule has 1 aromatic heterocycles. The van der Waals surface area contributed by atoms with E-state index in [-0.39, 0.29) is 25.3 Å². The van der Waals surface area contributed by atoms with Crippen molar-refractivity contribution in [2.45, 2.75) is 37.1 Å². The van der Waals surface area contributed by atoms with E-state index in [0.717, 1.165) is 0 Å². The van der Waals surface area contributed by atoms with Gasteiger partial charge in [0.05, 0.1) is 13.0 Å². The number of aryl methyl sites for hydroxylation is 1. The summed E-state index contributed by atoms with van der Waals surface area (Å²) in [4.78, 5) is 27.0. The lowest BCUT2D eigenvalue weighted by Gasteiger charge is -2.30. The average molecular weight is 368 g/mol. The summed E-state index contributed by atoms with van der Waals surface area (Å²) in [7, 11) is 0. The number of nitrogens with zero attached hydrogens (tertiary/aromatic N) is 1. The highest BCUT2D eigenvalue weighted by molar-refractivity contribution is 7.09. The number of halogens is 3. The van der Waals surface area contributed by atoms with Crippen molar-refractivity contribution >= 4 is 23.2 Å². The third-order valence-corrected chi connectivity index (χ3v) is 4.78. The first-order valence-corrected chi connectivity index (χ1v) is 7.72. The number of hydrogen-bond acceptors (Lipinski definition) is 6. The maximum absolute atomic E-state index is 13.3. The highest BCUT2D eigenvalue weighted by Crippen LogP contribution is 2.43. The highest BCUT2D eigenvalue weighted by atomic mass is 32.1. The number of alkyl halides is 3. The number of carbonyl (C=O) groups is 2. The quantitative estimate of drug-likeness (QED) is 0.714. The summed E-state index contributed by atoms with van der Waals surface area (Å²) in [5, 5.41) is 22.0. The smallest absolute Gasteiger partial charge is 0.424 e. The fourth-order valence-electron chi connectivity index (χ4n) is 2.27. The van der Waals surface area contributed by atoms with Gasteiger partial charge in [-0.15, -0.1) is 11.3 Å². The van der Waals surface area contributed by atoms with Crippen LogP contribution in [0, 0.1) is 6.92 Å². The molecule has 2 atom stereocenters. The van der Waals surface area contributed by atoms with Gasteiger partial charge in [0, 0.05) is 24.1 Å². The van der Waals surface area contributed by atoms with Crippen LogP contribution >= 0.6 is 11.3 Å². The third kappa shape index (κ3) is 3.37. The highest BCUT2D eigenvalue weighted by Gasteiger charge is 2.58. The molecule has 0 radical (unpaired) electrons. The second-order valence-electron chi connectivity index (χ2n) is 5.57. The predicted molar refractivity (Wildman–Crippen MR) is 75.4 cm³/mol. The molecule has 2 rings (SSSR count). The van der Waals surface area contributed by atoms with Crippen LogP contribution < -0.4 is 5.32 Å². The summed E-state index contributed by atoms with van der Waals surface area (Å²) < 4.78 is 44.9. The molecule has 0 saturated carbocycles. The second kappa shape index (κ2) is 6.30. The zero-order valence-corrected chi connectivity index (χ0v) is 13.3. The Kier molecular flexibility index (Phi) is 4.88. The number of carboxylic acids is 1. The first-order chi connectivity index (χ1) is 11.0. The zero-order valence-electron chi connectivity index (χ0n) is 12.5. The van der Waals surface area contributed by atoms with Gasteiger partial charge in [-0.3, -0.25) is 4.79 Å². The summed E-state index contributed by atoms with van der Waals surface area (Å²) in [6.07, 6.45) is -6.62. The Morgan fingerprint density at radius 2 is 2.17 bits per heavy atom. The van der Waals surface area contributed by atoms with Gasteiger partial charge in [-0.25, -0.2) is 9.78 Å². The Bertz CT molecular complexity index is 642. The molecular formula is C13H15F3N2O5S. The van der Waals surface area contributed by atoms with E-state index in [1.165, 1.54) is 12.3 Å². The van der Waals surface area contributed by atoms with E-state index in [4.69, 9.17) is 4.74 Å². The Morgan fingerprint density at radius 3 is 2.58 bits per heavy atom. The van der Waals surface area contributed by atoms with Crippen LogP contribution in [0.25, 0.3) is 0 Å². The van der Waals surface area contributed by atoms with Crippen molar-refractivity contribution in [3.63, 3.8) is 0 Å². The van der Waals surface area contributed by atoms with E-state index in [9.17, 15) is 33.0 Å². The number of aromatic nitrogens is 1. The van der Waals surface area contributed by atoms with E-state index in [2.05, 4.69) is 4.98 Å². The van der Waals surface area contributed by atoms with Gasteiger partial charge >= 0.3 is 12.1 Å². The van der Waals surface area contributed by atoms with Crippen molar-refractivity contribution in [1.82, 2.24) is 10.3 Å². The number of amides is 1. The first kappa shape index (κ1) is 18.6. The largest absolute Gasteiger partial charge is 0.479 e. The number of aliphatic carboxylic acids is 1. The third-order valence-electron chi connectivity index (χ3n) is 3.67. The molecular weight excluding hydrogens is 353 g/mol. The van der Waals surface area contributed by atoms with E-state index in [1.807, 2.05) is 5.32 Å². The average Bonchev–Trinajstić information content (AvgIpc) is 3.07. The molecule has 1 fully saturated rings. The minimum Gasteiger partial charge on any atom is -0.479 e. The minimum absolute atomic E-state index is 0.0573. The van der Waals surface area contributed by atoms with Crippen LogP contribution in [0.5, 0.6) is 0 Å². The molecule has 11 heteroatoms. The van der Waals surface area contributed by atoms with Gasteiger partial charge in [-0.05, 0) is 6.92 Å².